The number of benzene rings is 1. The molecule has 2 aromatic rings. The summed E-state index contributed by atoms with van der Waals surface area (Å²) in [4.78, 5) is 0. The van der Waals surface area contributed by atoms with Crippen LogP contribution in [0.2, 0.25) is 0 Å². The Labute approximate surface area is 94.1 Å². The van der Waals surface area contributed by atoms with Gasteiger partial charge in [0.1, 0.15) is 10.1 Å². The van der Waals surface area contributed by atoms with Crippen LogP contribution in [-0.2, 0) is 0 Å². The second-order valence-electron chi connectivity index (χ2n) is 2.30. The first-order valence-corrected chi connectivity index (χ1v) is 5.55. The molecule has 0 atom stereocenters. The third kappa shape index (κ3) is 1.24. The van der Waals surface area contributed by atoms with Crippen LogP contribution in [0.3, 0.4) is 0 Å². The molecule has 0 amide bonds. The van der Waals surface area contributed by atoms with Crippen molar-refractivity contribution >= 4 is 58.7 Å². The van der Waals surface area contributed by atoms with Crippen molar-refractivity contribution in [2.24, 2.45) is 0 Å². The van der Waals surface area contributed by atoms with E-state index in [1.54, 1.807) is 0 Å². The lowest BCUT2D eigenvalue weighted by atomic mass is 10.3. The zero-order chi connectivity index (χ0) is 8.72. The van der Waals surface area contributed by atoms with Crippen molar-refractivity contribution in [3.63, 3.8) is 0 Å². The van der Waals surface area contributed by atoms with E-state index < -0.39 is 0 Å². The summed E-state index contributed by atoms with van der Waals surface area (Å²) in [6.07, 6.45) is 0. The van der Waals surface area contributed by atoms with E-state index in [4.69, 9.17) is 0 Å². The van der Waals surface area contributed by atoms with Crippen LogP contribution in [0.15, 0.2) is 25.7 Å². The topological polar surface area (TPSA) is 28.7 Å². The van der Waals surface area contributed by atoms with Crippen molar-refractivity contribution in [2.45, 2.75) is 0 Å². The molecule has 62 valence electrons. The van der Waals surface area contributed by atoms with Gasteiger partial charge in [-0.25, -0.2) is 0 Å². The van der Waals surface area contributed by atoms with Crippen LogP contribution in [0.5, 0.6) is 0 Å². The highest BCUT2D eigenvalue weighted by Crippen LogP contribution is 2.32. The van der Waals surface area contributed by atoms with E-state index in [-0.39, 0.29) is 0 Å². The fourth-order valence-corrected chi connectivity index (χ4v) is 2.15. The summed E-state index contributed by atoms with van der Waals surface area (Å²) in [6.45, 7) is 0. The minimum Gasteiger partial charge on any atom is -0.270 e. The van der Waals surface area contributed by atoms with Gasteiger partial charge in [0, 0.05) is 9.86 Å². The molecule has 5 heteroatoms. The second kappa shape index (κ2) is 3.12. The van der Waals surface area contributed by atoms with Gasteiger partial charge >= 0.3 is 0 Å². The minimum absolute atomic E-state index is 0.908. The Morgan fingerprint density at radius 3 is 2.67 bits per heavy atom. The van der Waals surface area contributed by atoms with E-state index >= 15 is 0 Å². The number of rotatable bonds is 0. The molecule has 0 unspecified atom stereocenters. The molecule has 0 aliphatic heterocycles. The summed E-state index contributed by atoms with van der Waals surface area (Å²) in [5.74, 6) is 0. The van der Waals surface area contributed by atoms with Crippen molar-refractivity contribution in [2.75, 3.05) is 0 Å². The van der Waals surface area contributed by atoms with E-state index in [1.807, 2.05) is 12.1 Å². The van der Waals surface area contributed by atoms with Gasteiger partial charge in [-0.1, -0.05) is 0 Å². The van der Waals surface area contributed by atoms with E-state index in [9.17, 15) is 0 Å². The lowest BCUT2D eigenvalue weighted by Gasteiger charge is -1.95. The van der Waals surface area contributed by atoms with E-state index in [1.165, 1.54) is 0 Å². The molecule has 1 heterocycles. The average Bonchev–Trinajstić information content (AvgIpc) is 2.41. The Balaban J connectivity index is 2.93. The maximum absolute atomic E-state index is 4.13. The molecule has 0 bridgehead atoms. The maximum atomic E-state index is 4.13. The van der Waals surface area contributed by atoms with Crippen molar-refractivity contribution < 1.29 is 0 Å². The number of aromatic amines is 1. The second-order valence-corrected chi connectivity index (χ2v) is 4.74. The Hall–Kier alpha value is 0.130. The summed E-state index contributed by atoms with van der Waals surface area (Å²) in [5.41, 5.74) is 0.927. The molecule has 0 saturated carbocycles. The lowest BCUT2D eigenvalue weighted by Crippen LogP contribution is -1.73. The van der Waals surface area contributed by atoms with E-state index in [2.05, 4.69) is 58.0 Å². The van der Waals surface area contributed by atoms with Crippen LogP contribution in [0.4, 0.5) is 0 Å². The molecular weight excluding hydrogens is 352 g/mol. The third-order valence-corrected chi connectivity index (χ3v) is 4.17. The van der Waals surface area contributed by atoms with E-state index in [0.717, 1.165) is 24.5 Å². The maximum Gasteiger partial charge on any atom is 0.109 e. The van der Waals surface area contributed by atoms with Gasteiger partial charge in [-0.15, -0.1) is 0 Å². The highest BCUT2D eigenvalue weighted by molar-refractivity contribution is 9.13. The van der Waals surface area contributed by atoms with E-state index in [0.29, 0.717) is 0 Å². The zero-order valence-corrected chi connectivity index (χ0v) is 10.5. The smallest absolute Gasteiger partial charge is 0.109 e. The van der Waals surface area contributed by atoms with Crippen LogP contribution >= 0.6 is 47.8 Å². The molecule has 1 aromatic carbocycles. The highest BCUT2D eigenvalue weighted by atomic mass is 79.9. The number of hydrogen-bond donors (Lipinski definition) is 1. The first-order chi connectivity index (χ1) is 5.70. The number of fused-ring (bicyclic) bond motifs is 1. The molecule has 12 heavy (non-hydrogen) atoms. The quantitative estimate of drug-likeness (QED) is 0.765. The van der Waals surface area contributed by atoms with Gasteiger partial charge in [0.25, 0.3) is 0 Å². The molecule has 0 fully saturated rings. The summed E-state index contributed by atoms with van der Waals surface area (Å²) < 4.78 is 2.89. The van der Waals surface area contributed by atoms with Crippen LogP contribution < -0.4 is 0 Å². The number of H-pyrrole nitrogens is 1. The molecule has 1 aromatic heterocycles. The molecule has 2 nitrogen and oxygen atoms in total. The molecule has 0 saturated heterocycles. The third-order valence-electron chi connectivity index (χ3n) is 1.57. The Bertz CT molecular complexity index is 435. The Morgan fingerprint density at radius 1 is 1.17 bits per heavy atom. The Kier molecular flexibility index (Phi) is 2.27. The van der Waals surface area contributed by atoms with Crippen LogP contribution in [0.25, 0.3) is 10.9 Å². The number of aromatic nitrogens is 2. The number of halogens is 3. The molecule has 2 rings (SSSR count). The predicted molar refractivity (Wildman–Crippen MR) is 59.2 cm³/mol. The largest absolute Gasteiger partial charge is 0.270 e. The molecule has 0 radical (unpaired) electrons. The molecule has 0 aliphatic rings. The van der Waals surface area contributed by atoms with Gasteiger partial charge in [0.05, 0.1) is 4.47 Å². The summed E-state index contributed by atoms with van der Waals surface area (Å²) in [5, 5.41) is 8.06. The van der Waals surface area contributed by atoms with Crippen LogP contribution in [0.1, 0.15) is 0 Å². The highest BCUT2D eigenvalue weighted by Gasteiger charge is 2.07. The van der Waals surface area contributed by atoms with Crippen molar-refractivity contribution in [3.05, 3.63) is 25.7 Å². The monoisotopic (exact) mass is 352 g/mol. The van der Waals surface area contributed by atoms with Gasteiger partial charge < -0.3 is 0 Å². The van der Waals surface area contributed by atoms with Crippen molar-refractivity contribution in [1.29, 1.82) is 0 Å². The number of nitrogens with one attached hydrogen (secondary N) is 1. The summed E-state index contributed by atoms with van der Waals surface area (Å²) >= 11 is 10.2. The Morgan fingerprint density at radius 2 is 1.92 bits per heavy atom. The zero-order valence-electron chi connectivity index (χ0n) is 5.74. The summed E-state index contributed by atoms with van der Waals surface area (Å²) in [6, 6.07) is 3.98. The minimum atomic E-state index is 0.908. The van der Waals surface area contributed by atoms with Gasteiger partial charge in [-0.05, 0) is 59.9 Å². The number of nitrogens with zero attached hydrogens (tertiary/aromatic N) is 1. The molecule has 0 aliphatic carbocycles. The normalized spacial score (nSPS) is 10.9. The van der Waals surface area contributed by atoms with Gasteiger partial charge in [0.2, 0.25) is 0 Å². The summed E-state index contributed by atoms with van der Waals surface area (Å²) in [7, 11) is 0. The predicted octanol–water partition coefficient (Wildman–Crippen LogP) is 3.85. The van der Waals surface area contributed by atoms with Crippen molar-refractivity contribution in [1.82, 2.24) is 10.2 Å². The van der Waals surface area contributed by atoms with Crippen molar-refractivity contribution in [3.8, 4) is 0 Å². The fourth-order valence-electron chi connectivity index (χ4n) is 0.992. The lowest BCUT2D eigenvalue weighted by molar-refractivity contribution is 1.09. The standard InChI is InChI=1S/C7H3Br3N2/c8-4-2-1-3-6(5(4)9)11-12-7(3)10/h1-2H,(H,11,12). The van der Waals surface area contributed by atoms with Crippen LogP contribution in [0, 0.1) is 0 Å². The van der Waals surface area contributed by atoms with Crippen LogP contribution in [-0.4, -0.2) is 10.2 Å². The van der Waals surface area contributed by atoms with Gasteiger partial charge in [-0.2, -0.15) is 5.10 Å². The first-order valence-electron chi connectivity index (χ1n) is 3.17. The first kappa shape index (κ1) is 8.72. The number of hydrogen-bond acceptors (Lipinski definition) is 1. The fraction of sp³-hybridized carbons (Fsp3) is 0. The van der Waals surface area contributed by atoms with Gasteiger partial charge in [-0.3, -0.25) is 5.10 Å². The molecular formula is C7H3Br3N2. The molecule has 0 spiro atoms. The average molecular weight is 355 g/mol. The van der Waals surface area contributed by atoms with Gasteiger partial charge in [0.15, 0.2) is 0 Å². The SMILES string of the molecule is Brc1ccc2c(Br)[nH]nc2c1Br. The molecule has 1 N–H and O–H groups in total.